The molecule has 0 N–H and O–H groups in total. The lowest BCUT2D eigenvalue weighted by molar-refractivity contribution is 0.0765. The van der Waals surface area contributed by atoms with Crippen molar-refractivity contribution in [2.75, 3.05) is 7.11 Å². The maximum absolute atomic E-state index is 12.7. The number of fused-ring (bicyclic) bond motifs is 2. The molecule has 4 aromatic rings. The van der Waals surface area contributed by atoms with Crippen molar-refractivity contribution in [3.05, 3.63) is 77.7 Å². The molecule has 29 heavy (non-hydrogen) atoms. The Bertz CT molecular complexity index is 1240. The second-order valence-electron chi connectivity index (χ2n) is 7.23. The average Bonchev–Trinajstić information content (AvgIpc) is 3.27. The monoisotopic (exact) mass is 384 g/mol. The molecule has 0 bridgehead atoms. The number of carbonyl (C=O) groups is 1. The third-order valence-electron chi connectivity index (χ3n) is 5.37. The quantitative estimate of drug-likeness (QED) is 0.537. The molecule has 0 spiro atoms. The van der Waals surface area contributed by atoms with E-state index >= 15 is 0 Å². The van der Waals surface area contributed by atoms with Crippen LogP contribution in [0.2, 0.25) is 0 Å². The fourth-order valence-electron chi connectivity index (χ4n) is 3.97. The molecule has 2 aromatic carbocycles. The number of ether oxygens (including phenoxy) is 1. The summed E-state index contributed by atoms with van der Waals surface area (Å²) in [5, 5.41) is 5.59. The molecule has 2 aromatic heterocycles. The molecule has 5 rings (SSSR count). The van der Waals surface area contributed by atoms with Crippen molar-refractivity contribution < 1.29 is 9.53 Å². The van der Waals surface area contributed by atoms with Crippen molar-refractivity contribution in [2.24, 2.45) is 7.05 Å². The van der Waals surface area contributed by atoms with Gasteiger partial charge < -0.3 is 9.64 Å². The SMILES string of the molecule is COc1cc(-c2cccc3nn(C)cc23)ccc1CN1Cc2ncccc2C1=O. The van der Waals surface area contributed by atoms with Crippen molar-refractivity contribution in [3.8, 4) is 16.9 Å². The van der Waals surface area contributed by atoms with Gasteiger partial charge in [0.05, 0.1) is 37.0 Å². The van der Waals surface area contributed by atoms with Crippen molar-refractivity contribution in [1.82, 2.24) is 19.7 Å². The first kappa shape index (κ1) is 17.4. The summed E-state index contributed by atoms with van der Waals surface area (Å²) < 4.78 is 7.50. The van der Waals surface area contributed by atoms with Gasteiger partial charge in [0.15, 0.2) is 0 Å². The summed E-state index contributed by atoms with van der Waals surface area (Å²) in [4.78, 5) is 18.8. The van der Waals surface area contributed by atoms with Crippen LogP contribution in [-0.4, -0.2) is 32.7 Å². The van der Waals surface area contributed by atoms with Crippen LogP contribution in [0.15, 0.2) is 60.9 Å². The van der Waals surface area contributed by atoms with E-state index in [-0.39, 0.29) is 5.91 Å². The molecule has 0 radical (unpaired) electrons. The Morgan fingerprint density at radius 3 is 2.79 bits per heavy atom. The number of benzene rings is 2. The van der Waals surface area contributed by atoms with Crippen molar-refractivity contribution in [2.45, 2.75) is 13.1 Å². The van der Waals surface area contributed by atoms with E-state index in [0.29, 0.717) is 18.7 Å². The van der Waals surface area contributed by atoms with E-state index in [0.717, 1.165) is 39.0 Å². The lowest BCUT2D eigenvalue weighted by atomic mass is 10.00. The van der Waals surface area contributed by atoms with Crippen molar-refractivity contribution in [3.63, 3.8) is 0 Å². The molecular formula is C23H20N4O2. The lowest BCUT2D eigenvalue weighted by Gasteiger charge is -2.18. The molecule has 1 amide bonds. The van der Waals surface area contributed by atoms with Crippen LogP contribution in [0.4, 0.5) is 0 Å². The zero-order valence-electron chi connectivity index (χ0n) is 16.3. The first-order chi connectivity index (χ1) is 14.1. The third kappa shape index (κ3) is 2.93. The molecule has 1 aliphatic heterocycles. The van der Waals surface area contributed by atoms with Crippen molar-refractivity contribution in [1.29, 1.82) is 0 Å². The number of amides is 1. The summed E-state index contributed by atoms with van der Waals surface area (Å²) in [6.45, 7) is 1.00. The molecule has 0 aliphatic carbocycles. The highest BCUT2D eigenvalue weighted by Crippen LogP contribution is 2.33. The highest BCUT2D eigenvalue weighted by Gasteiger charge is 2.28. The number of hydrogen-bond acceptors (Lipinski definition) is 4. The summed E-state index contributed by atoms with van der Waals surface area (Å²) >= 11 is 0. The number of methoxy groups -OCH3 is 1. The molecule has 3 heterocycles. The van der Waals surface area contributed by atoms with Crippen molar-refractivity contribution >= 4 is 16.8 Å². The number of rotatable bonds is 4. The summed E-state index contributed by atoms with van der Waals surface area (Å²) in [7, 11) is 3.59. The van der Waals surface area contributed by atoms with Crippen LogP contribution in [0.1, 0.15) is 21.6 Å². The van der Waals surface area contributed by atoms with E-state index in [1.54, 1.807) is 24.3 Å². The zero-order valence-corrected chi connectivity index (χ0v) is 16.3. The predicted octanol–water partition coefficient (Wildman–Crippen LogP) is 3.80. The van der Waals surface area contributed by atoms with Crippen LogP contribution in [0, 0.1) is 0 Å². The van der Waals surface area contributed by atoms with Crippen LogP contribution in [0.25, 0.3) is 22.0 Å². The highest BCUT2D eigenvalue weighted by atomic mass is 16.5. The maximum Gasteiger partial charge on any atom is 0.256 e. The number of carbonyl (C=O) groups excluding carboxylic acids is 1. The number of nitrogens with zero attached hydrogens (tertiary/aromatic N) is 4. The first-order valence-corrected chi connectivity index (χ1v) is 9.47. The fraction of sp³-hybridized carbons (Fsp3) is 0.174. The first-order valence-electron chi connectivity index (χ1n) is 9.47. The van der Waals surface area contributed by atoms with Gasteiger partial charge >= 0.3 is 0 Å². The van der Waals surface area contributed by atoms with Gasteiger partial charge in [-0.15, -0.1) is 0 Å². The Labute approximate surface area is 168 Å². The molecule has 0 atom stereocenters. The Kier molecular flexibility index (Phi) is 4.05. The van der Waals surface area contributed by atoms with Gasteiger partial charge in [-0.05, 0) is 35.4 Å². The Balaban J connectivity index is 1.48. The van der Waals surface area contributed by atoms with E-state index in [9.17, 15) is 4.79 Å². The smallest absolute Gasteiger partial charge is 0.256 e. The predicted molar refractivity (Wildman–Crippen MR) is 111 cm³/mol. The van der Waals surface area contributed by atoms with Gasteiger partial charge in [-0.3, -0.25) is 14.5 Å². The third-order valence-corrected chi connectivity index (χ3v) is 5.37. The van der Waals surface area contributed by atoms with Crippen LogP contribution >= 0.6 is 0 Å². The van der Waals surface area contributed by atoms with Gasteiger partial charge in [-0.25, -0.2) is 0 Å². The van der Waals surface area contributed by atoms with E-state index in [1.807, 2.05) is 48.3 Å². The second-order valence-corrected chi connectivity index (χ2v) is 7.23. The lowest BCUT2D eigenvalue weighted by Crippen LogP contribution is -2.23. The van der Waals surface area contributed by atoms with Crippen LogP contribution < -0.4 is 4.74 Å². The summed E-state index contributed by atoms with van der Waals surface area (Å²) in [5.41, 5.74) is 5.61. The second kappa shape index (κ2) is 6.74. The van der Waals surface area contributed by atoms with Crippen LogP contribution in [-0.2, 0) is 20.1 Å². The molecule has 6 heteroatoms. The molecule has 0 saturated carbocycles. The molecule has 0 unspecified atom stereocenters. The molecule has 0 saturated heterocycles. The average molecular weight is 384 g/mol. The Morgan fingerprint density at radius 1 is 1.10 bits per heavy atom. The summed E-state index contributed by atoms with van der Waals surface area (Å²) in [6.07, 6.45) is 3.75. The Hall–Kier alpha value is -3.67. The minimum Gasteiger partial charge on any atom is -0.496 e. The normalized spacial score (nSPS) is 13.2. The number of pyridine rings is 1. The maximum atomic E-state index is 12.7. The van der Waals surface area contributed by atoms with Gasteiger partial charge in [0, 0.05) is 30.4 Å². The van der Waals surface area contributed by atoms with E-state index in [1.165, 1.54) is 0 Å². The zero-order chi connectivity index (χ0) is 20.0. The van der Waals surface area contributed by atoms with Gasteiger partial charge in [0.1, 0.15) is 5.75 Å². The number of hydrogen-bond donors (Lipinski definition) is 0. The van der Waals surface area contributed by atoms with E-state index < -0.39 is 0 Å². The topological polar surface area (TPSA) is 60.2 Å². The molecule has 1 aliphatic rings. The number of aromatic nitrogens is 3. The van der Waals surface area contributed by atoms with Gasteiger partial charge in [0.2, 0.25) is 0 Å². The van der Waals surface area contributed by atoms with E-state index in [4.69, 9.17) is 4.74 Å². The Morgan fingerprint density at radius 2 is 1.97 bits per heavy atom. The molecular weight excluding hydrogens is 364 g/mol. The van der Waals surface area contributed by atoms with Gasteiger partial charge in [0.25, 0.3) is 5.91 Å². The highest BCUT2D eigenvalue weighted by molar-refractivity contribution is 5.98. The number of aryl methyl sites for hydroxylation is 1. The minimum absolute atomic E-state index is 0.0133. The molecule has 6 nitrogen and oxygen atoms in total. The van der Waals surface area contributed by atoms with Crippen LogP contribution in [0.5, 0.6) is 5.75 Å². The molecule has 144 valence electrons. The van der Waals surface area contributed by atoms with E-state index in [2.05, 4.69) is 22.2 Å². The van der Waals surface area contributed by atoms with Gasteiger partial charge in [-0.2, -0.15) is 5.10 Å². The van der Waals surface area contributed by atoms with Gasteiger partial charge in [-0.1, -0.05) is 24.3 Å². The summed E-state index contributed by atoms with van der Waals surface area (Å²) in [5.74, 6) is 0.777. The fourth-order valence-corrected chi connectivity index (χ4v) is 3.97. The molecule has 0 fully saturated rings. The summed E-state index contributed by atoms with van der Waals surface area (Å²) in [6, 6.07) is 15.9. The largest absolute Gasteiger partial charge is 0.496 e. The van der Waals surface area contributed by atoms with Crippen LogP contribution in [0.3, 0.4) is 0 Å². The minimum atomic E-state index is 0.0133. The standard InChI is InChI=1S/C23H20N4O2/c1-26-13-19-17(5-3-7-20(19)25-26)15-8-9-16(22(11-15)29-2)12-27-14-21-18(23(27)28)6-4-10-24-21/h3-11,13H,12,14H2,1-2H3.